The van der Waals surface area contributed by atoms with Gasteiger partial charge in [0, 0.05) is 6.20 Å². The maximum absolute atomic E-state index is 12.8. The van der Waals surface area contributed by atoms with Crippen molar-refractivity contribution in [2.24, 2.45) is 0 Å². The second-order valence-electron chi connectivity index (χ2n) is 5.29. The van der Waals surface area contributed by atoms with Crippen molar-refractivity contribution >= 4 is 5.78 Å². The Kier molecular flexibility index (Phi) is 2.94. The Morgan fingerprint density at radius 1 is 1.11 bits per heavy atom. The lowest BCUT2D eigenvalue weighted by Crippen LogP contribution is -2.26. The zero-order valence-corrected chi connectivity index (χ0v) is 11.0. The van der Waals surface area contributed by atoms with E-state index in [1.54, 1.807) is 6.20 Å². The van der Waals surface area contributed by atoms with E-state index in [0.717, 1.165) is 24.1 Å². The summed E-state index contributed by atoms with van der Waals surface area (Å²) in [6.07, 6.45) is 3.68. The van der Waals surface area contributed by atoms with E-state index >= 15 is 0 Å². The number of benzene rings is 1. The lowest BCUT2D eigenvalue weighted by molar-refractivity contribution is -0.122. The summed E-state index contributed by atoms with van der Waals surface area (Å²) in [5.41, 5.74) is 1.77. The van der Waals surface area contributed by atoms with Crippen LogP contribution in [0, 0.1) is 0 Å². The lowest BCUT2D eigenvalue weighted by atomic mass is 9.84. The summed E-state index contributed by atoms with van der Waals surface area (Å²) in [6.45, 7) is 1.97. The van der Waals surface area contributed by atoms with E-state index in [0.29, 0.717) is 5.78 Å². The number of hydrogen-bond donors (Lipinski definition) is 0. The zero-order chi connectivity index (χ0) is 13.3. The molecule has 1 aromatic carbocycles. The number of carbonyl (C=O) groups excluding carboxylic acids is 1. The normalized spacial score (nSPS) is 17.7. The number of hydrogen-bond acceptors (Lipinski definition) is 2. The van der Waals surface area contributed by atoms with E-state index in [1.165, 1.54) is 0 Å². The number of aromatic nitrogens is 1. The Bertz CT molecular complexity index is 573. The summed E-state index contributed by atoms with van der Waals surface area (Å²) >= 11 is 0. The van der Waals surface area contributed by atoms with Crippen LogP contribution in [-0.4, -0.2) is 10.8 Å². The highest BCUT2D eigenvalue weighted by Gasteiger charge is 2.52. The summed E-state index contributed by atoms with van der Waals surface area (Å²) in [7, 11) is 0. The summed E-state index contributed by atoms with van der Waals surface area (Å²) in [6, 6.07) is 15.9. The van der Waals surface area contributed by atoms with Gasteiger partial charge in [0.05, 0.1) is 17.0 Å². The molecule has 0 amide bonds. The molecule has 3 rings (SSSR count). The van der Waals surface area contributed by atoms with Crippen LogP contribution < -0.4 is 0 Å². The fourth-order valence-electron chi connectivity index (χ4n) is 2.74. The molecule has 1 heterocycles. The van der Waals surface area contributed by atoms with Gasteiger partial charge in [-0.3, -0.25) is 9.78 Å². The van der Waals surface area contributed by atoms with Gasteiger partial charge < -0.3 is 0 Å². The Balaban J connectivity index is 1.89. The number of nitrogens with zero attached hydrogens (tertiary/aromatic N) is 1. The van der Waals surface area contributed by atoms with E-state index in [1.807, 2.05) is 43.3 Å². The van der Waals surface area contributed by atoms with E-state index in [2.05, 4.69) is 17.1 Å². The summed E-state index contributed by atoms with van der Waals surface area (Å²) in [4.78, 5) is 17.1. The molecule has 1 aliphatic carbocycles. The molecule has 1 aromatic heterocycles. The molecule has 2 heteroatoms. The average Bonchev–Trinajstić information content (AvgIpc) is 3.29. The molecule has 2 aromatic rings. The molecule has 0 radical (unpaired) electrons. The molecule has 1 saturated carbocycles. The number of carbonyl (C=O) groups is 1. The first-order valence-electron chi connectivity index (χ1n) is 6.75. The smallest absolute Gasteiger partial charge is 0.152 e. The molecule has 96 valence electrons. The molecule has 19 heavy (non-hydrogen) atoms. The summed E-state index contributed by atoms with van der Waals surface area (Å²) in [5, 5.41) is 0. The molecule has 0 aliphatic heterocycles. The average molecular weight is 251 g/mol. The van der Waals surface area contributed by atoms with E-state index in [-0.39, 0.29) is 11.3 Å². The van der Waals surface area contributed by atoms with Gasteiger partial charge >= 0.3 is 0 Å². The Morgan fingerprint density at radius 2 is 1.79 bits per heavy atom. The van der Waals surface area contributed by atoms with E-state index in [9.17, 15) is 4.79 Å². The van der Waals surface area contributed by atoms with Crippen molar-refractivity contribution in [2.45, 2.75) is 31.1 Å². The molecule has 0 spiro atoms. The maximum atomic E-state index is 12.8. The van der Waals surface area contributed by atoms with Gasteiger partial charge in [-0.05, 0) is 37.5 Å². The van der Waals surface area contributed by atoms with Crippen molar-refractivity contribution in [3.8, 4) is 0 Å². The number of rotatable bonds is 4. The minimum Gasteiger partial charge on any atom is -0.298 e. The molecule has 0 N–H and O–H groups in total. The van der Waals surface area contributed by atoms with E-state index in [4.69, 9.17) is 0 Å². The van der Waals surface area contributed by atoms with Crippen LogP contribution in [0.3, 0.4) is 0 Å². The molecule has 0 bridgehead atoms. The number of ketones is 1. The lowest BCUT2D eigenvalue weighted by Gasteiger charge is -2.19. The van der Waals surface area contributed by atoms with Crippen LogP contribution in [0.15, 0.2) is 54.7 Å². The number of pyridine rings is 1. The van der Waals surface area contributed by atoms with Crippen molar-refractivity contribution in [1.29, 1.82) is 0 Å². The molecule has 0 saturated heterocycles. The quantitative estimate of drug-likeness (QED) is 0.832. The monoisotopic (exact) mass is 251 g/mol. The first-order chi connectivity index (χ1) is 9.24. The van der Waals surface area contributed by atoms with Crippen LogP contribution in [0.4, 0.5) is 0 Å². The van der Waals surface area contributed by atoms with Crippen LogP contribution in [0.2, 0.25) is 0 Å². The molecule has 1 fully saturated rings. The molecule has 1 atom stereocenters. The Labute approximate surface area is 113 Å². The fraction of sp³-hybridized carbons (Fsp3) is 0.294. The highest BCUT2D eigenvalue weighted by atomic mass is 16.1. The third-order valence-electron chi connectivity index (χ3n) is 4.07. The topological polar surface area (TPSA) is 30.0 Å². The third-order valence-corrected chi connectivity index (χ3v) is 4.07. The Morgan fingerprint density at radius 3 is 2.37 bits per heavy atom. The van der Waals surface area contributed by atoms with Crippen molar-refractivity contribution < 1.29 is 4.79 Å². The van der Waals surface area contributed by atoms with Crippen LogP contribution in [0.25, 0.3) is 0 Å². The zero-order valence-electron chi connectivity index (χ0n) is 11.0. The Hall–Kier alpha value is -1.96. The first-order valence-corrected chi connectivity index (χ1v) is 6.75. The third kappa shape index (κ3) is 2.07. The molecule has 2 nitrogen and oxygen atoms in total. The van der Waals surface area contributed by atoms with Crippen LogP contribution in [0.1, 0.15) is 36.9 Å². The van der Waals surface area contributed by atoms with Gasteiger partial charge in [-0.25, -0.2) is 0 Å². The fourth-order valence-corrected chi connectivity index (χ4v) is 2.74. The van der Waals surface area contributed by atoms with Crippen LogP contribution >= 0.6 is 0 Å². The molecule has 1 unspecified atom stereocenters. The maximum Gasteiger partial charge on any atom is 0.152 e. The molecular weight excluding hydrogens is 234 g/mol. The van der Waals surface area contributed by atoms with Gasteiger partial charge in [-0.1, -0.05) is 36.4 Å². The van der Waals surface area contributed by atoms with Gasteiger partial charge in [0.15, 0.2) is 5.78 Å². The minimum absolute atomic E-state index is 0.135. The SMILES string of the molecule is CC(C(=O)C1(c2ccccc2)CC1)c1ccccn1. The van der Waals surface area contributed by atoms with Crippen molar-refractivity contribution in [1.82, 2.24) is 4.98 Å². The summed E-state index contributed by atoms with van der Waals surface area (Å²) in [5.74, 6) is 0.168. The summed E-state index contributed by atoms with van der Waals surface area (Å²) < 4.78 is 0. The van der Waals surface area contributed by atoms with Crippen LogP contribution in [0.5, 0.6) is 0 Å². The predicted octanol–water partition coefficient (Wildman–Crippen LogP) is 3.49. The van der Waals surface area contributed by atoms with E-state index < -0.39 is 0 Å². The van der Waals surface area contributed by atoms with Gasteiger partial charge in [-0.15, -0.1) is 0 Å². The highest BCUT2D eigenvalue weighted by Crippen LogP contribution is 2.51. The first kappa shape index (κ1) is 12.1. The highest BCUT2D eigenvalue weighted by molar-refractivity contribution is 5.97. The molecule has 1 aliphatic rings. The standard InChI is InChI=1S/C17H17NO/c1-13(15-9-5-6-12-18-15)16(19)17(10-11-17)14-7-3-2-4-8-14/h2-9,12-13H,10-11H2,1H3. The second-order valence-corrected chi connectivity index (χ2v) is 5.29. The van der Waals surface area contributed by atoms with Gasteiger partial charge in [0.25, 0.3) is 0 Å². The van der Waals surface area contributed by atoms with Crippen molar-refractivity contribution in [2.75, 3.05) is 0 Å². The largest absolute Gasteiger partial charge is 0.298 e. The van der Waals surface area contributed by atoms with Gasteiger partial charge in [0.2, 0.25) is 0 Å². The van der Waals surface area contributed by atoms with Crippen LogP contribution in [-0.2, 0) is 10.2 Å². The minimum atomic E-state index is -0.252. The predicted molar refractivity (Wildman–Crippen MR) is 75.0 cm³/mol. The van der Waals surface area contributed by atoms with Gasteiger partial charge in [-0.2, -0.15) is 0 Å². The van der Waals surface area contributed by atoms with Crippen molar-refractivity contribution in [3.05, 3.63) is 66.0 Å². The molecular formula is C17H17NO. The second kappa shape index (κ2) is 4.61. The van der Waals surface area contributed by atoms with Crippen molar-refractivity contribution in [3.63, 3.8) is 0 Å². The van der Waals surface area contributed by atoms with Gasteiger partial charge in [0.1, 0.15) is 0 Å². The number of Topliss-reactive ketones (excluding diaryl/α,β-unsaturated/α-hetero) is 1.